The van der Waals surface area contributed by atoms with Crippen LogP contribution in [0.1, 0.15) is 11.1 Å². The van der Waals surface area contributed by atoms with Crippen molar-refractivity contribution < 1.29 is 22.1 Å². The van der Waals surface area contributed by atoms with Crippen molar-refractivity contribution in [1.29, 1.82) is 0 Å². The zero-order valence-corrected chi connectivity index (χ0v) is 12.9. The summed E-state index contributed by atoms with van der Waals surface area (Å²) in [5, 5.41) is 0. The Balaban J connectivity index is 0.00000264. The average Bonchev–Trinajstić information content (AvgIpc) is 2.43. The Bertz CT molecular complexity index is 757. The fraction of sp³-hybridized carbons (Fsp3) is 0.133. The zero-order valence-electron chi connectivity index (χ0n) is 12.1. The number of nitrogens with one attached hydrogen (secondary N) is 1. The molecule has 0 heterocycles. The second-order valence-electron chi connectivity index (χ2n) is 4.66. The molecule has 0 bridgehead atoms. The van der Waals surface area contributed by atoms with Crippen LogP contribution < -0.4 is 13.6 Å². The van der Waals surface area contributed by atoms with Crippen molar-refractivity contribution >= 4 is 35.3 Å². The van der Waals surface area contributed by atoms with E-state index in [0.29, 0.717) is 0 Å². The Kier molecular flexibility index (Phi) is 6.70. The molecule has 0 spiro atoms. The van der Waals surface area contributed by atoms with Crippen LogP contribution in [0.2, 0.25) is 0 Å². The van der Waals surface area contributed by atoms with Crippen LogP contribution in [0.25, 0.3) is 0 Å². The molecule has 2 aromatic rings. The molecular formula is C15H16LiNO5S. The van der Waals surface area contributed by atoms with Crippen LogP contribution in [-0.2, 0) is 10.3 Å². The van der Waals surface area contributed by atoms with Crippen molar-refractivity contribution in [2.75, 3.05) is 0 Å². The third-order valence-electron chi connectivity index (χ3n) is 2.67. The first-order valence-corrected chi connectivity index (χ1v) is 7.82. The Morgan fingerprint density at radius 1 is 0.870 bits per heavy atom. The van der Waals surface area contributed by atoms with E-state index in [0.717, 1.165) is 11.1 Å². The Labute approximate surface area is 147 Å². The molecule has 0 aliphatic heterocycles. The molecular weight excluding hydrogens is 313 g/mol. The summed E-state index contributed by atoms with van der Waals surface area (Å²) in [6, 6.07) is 12.9. The first-order valence-electron chi connectivity index (χ1n) is 6.41. The number of hydrogen-bond acceptors (Lipinski definition) is 5. The van der Waals surface area contributed by atoms with Gasteiger partial charge < -0.3 is 8.92 Å². The van der Waals surface area contributed by atoms with Gasteiger partial charge in [-0.05, 0) is 38.1 Å². The fourth-order valence-corrected chi connectivity index (χ4v) is 2.23. The summed E-state index contributed by atoms with van der Waals surface area (Å²) in [6.07, 6.45) is -1.14. The van der Waals surface area contributed by atoms with E-state index in [1.807, 2.05) is 13.8 Å². The van der Waals surface area contributed by atoms with E-state index in [2.05, 4.69) is 0 Å². The van der Waals surface area contributed by atoms with Gasteiger partial charge in [-0.3, -0.25) is 0 Å². The van der Waals surface area contributed by atoms with Crippen LogP contribution >= 0.6 is 0 Å². The topological polar surface area (TPSA) is 81.7 Å². The van der Waals surface area contributed by atoms with Gasteiger partial charge in [-0.15, -0.1) is 0 Å². The summed E-state index contributed by atoms with van der Waals surface area (Å²) in [7, 11) is -4.30. The van der Waals surface area contributed by atoms with E-state index in [-0.39, 0.29) is 30.4 Å². The van der Waals surface area contributed by atoms with E-state index in [4.69, 9.17) is 8.92 Å². The number of ether oxygens (including phenoxy) is 1. The Morgan fingerprint density at radius 3 is 1.78 bits per heavy atom. The molecule has 0 aromatic heterocycles. The number of hydrogen-bond donors (Lipinski definition) is 1. The van der Waals surface area contributed by atoms with E-state index in [9.17, 15) is 13.2 Å². The molecule has 8 heteroatoms. The minimum absolute atomic E-state index is 0. The summed E-state index contributed by atoms with van der Waals surface area (Å²) in [4.78, 5) is 11.6. The fourth-order valence-electron chi connectivity index (χ4n) is 1.58. The first kappa shape index (κ1) is 19.1. The molecule has 1 amide bonds. The number of rotatable bonds is 4. The molecule has 6 nitrogen and oxygen atoms in total. The predicted molar refractivity (Wildman–Crippen MR) is 88.2 cm³/mol. The molecule has 1 N–H and O–H groups in total. The molecule has 2 rings (SSSR count). The summed E-state index contributed by atoms with van der Waals surface area (Å²) in [5.74, 6) is 0.329. The van der Waals surface area contributed by atoms with Crippen LogP contribution in [0.4, 0.5) is 4.79 Å². The van der Waals surface area contributed by atoms with Crippen LogP contribution in [0, 0.1) is 13.8 Å². The van der Waals surface area contributed by atoms with Crippen LogP contribution in [0.15, 0.2) is 48.5 Å². The van der Waals surface area contributed by atoms with Gasteiger partial charge in [0, 0.05) is 0 Å². The Morgan fingerprint density at radius 2 is 1.30 bits per heavy atom. The van der Waals surface area contributed by atoms with Crippen LogP contribution in [0.3, 0.4) is 0 Å². The van der Waals surface area contributed by atoms with Gasteiger partial charge in [0.2, 0.25) is 0 Å². The van der Waals surface area contributed by atoms with Crippen molar-refractivity contribution in [2.45, 2.75) is 13.8 Å². The van der Waals surface area contributed by atoms with Gasteiger partial charge in [0.25, 0.3) is 0 Å². The van der Waals surface area contributed by atoms with Gasteiger partial charge in [0.05, 0.1) is 0 Å². The molecule has 0 aliphatic rings. The second kappa shape index (κ2) is 8.06. The molecule has 0 saturated carbocycles. The normalized spacial score (nSPS) is 10.3. The maximum atomic E-state index is 11.7. The minimum atomic E-state index is -4.30. The van der Waals surface area contributed by atoms with Crippen molar-refractivity contribution in [3.8, 4) is 11.5 Å². The van der Waals surface area contributed by atoms with Crippen LogP contribution in [-0.4, -0.2) is 33.4 Å². The molecule has 118 valence electrons. The van der Waals surface area contributed by atoms with Crippen molar-refractivity contribution in [2.24, 2.45) is 0 Å². The standard InChI is InChI=1S/C15H15NO5S.Li.H/c1-11-3-7-13(8-4-11)20-15(17)16-22(18,19)21-14-9-5-12(2)6-10-14;;/h3-10H,1-2H3,(H,16,17);;. The van der Waals surface area contributed by atoms with Gasteiger partial charge in [0.15, 0.2) is 0 Å². The molecule has 23 heavy (non-hydrogen) atoms. The molecule has 0 atom stereocenters. The van der Waals surface area contributed by atoms with Gasteiger partial charge >= 0.3 is 35.3 Å². The average molecular weight is 329 g/mol. The number of amides is 1. The number of benzene rings is 2. The number of carbonyl (C=O) groups excluding carboxylic acids is 1. The second-order valence-corrected chi connectivity index (χ2v) is 5.93. The van der Waals surface area contributed by atoms with E-state index >= 15 is 0 Å². The molecule has 0 unspecified atom stereocenters. The summed E-state index contributed by atoms with van der Waals surface area (Å²) in [5.41, 5.74) is 1.94. The quantitative estimate of drug-likeness (QED) is 0.869. The first-order chi connectivity index (χ1) is 10.3. The van der Waals surface area contributed by atoms with Gasteiger partial charge in [0.1, 0.15) is 11.5 Å². The SMILES string of the molecule is Cc1ccc(OC(=O)NS(=O)(=O)Oc2ccc(C)cc2)cc1.[LiH]. The number of aryl methyl sites for hydroxylation is 2. The molecule has 2 aromatic carbocycles. The molecule has 0 saturated heterocycles. The summed E-state index contributed by atoms with van der Waals surface area (Å²) < 4.78 is 34.7. The zero-order chi connectivity index (χ0) is 16.2. The summed E-state index contributed by atoms with van der Waals surface area (Å²) in [6.45, 7) is 3.74. The predicted octanol–water partition coefficient (Wildman–Crippen LogP) is 2.07. The third kappa shape index (κ3) is 6.36. The van der Waals surface area contributed by atoms with E-state index < -0.39 is 16.4 Å². The van der Waals surface area contributed by atoms with Gasteiger partial charge in [-0.1, -0.05) is 35.4 Å². The van der Waals surface area contributed by atoms with Gasteiger partial charge in [-0.2, -0.15) is 13.1 Å². The summed E-state index contributed by atoms with van der Waals surface area (Å²) >= 11 is 0. The van der Waals surface area contributed by atoms with Crippen molar-refractivity contribution in [1.82, 2.24) is 4.72 Å². The molecule has 0 radical (unpaired) electrons. The Hall–Kier alpha value is -1.94. The van der Waals surface area contributed by atoms with Crippen molar-refractivity contribution in [3.63, 3.8) is 0 Å². The van der Waals surface area contributed by atoms with E-state index in [1.54, 1.807) is 41.1 Å². The third-order valence-corrected chi connectivity index (χ3v) is 3.50. The van der Waals surface area contributed by atoms with Gasteiger partial charge in [-0.25, -0.2) is 4.79 Å². The van der Waals surface area contributed by atoms with Crippen molar-refractivity contribution in [3.05, 3.63) is 59.7 Å². The van der Waals surface area contributed by atoms with Crippen LogP contribution in [0.5, 0.6) is 11.5 Å². The molecule has 0 fully saturated rings. The number of carbonyl (C=O) groups is 1. The van der Waals surface area contributed by atoms with E-state index in [1.165, 1.54) is 12.1 Å². The maximum absolute atomic E-state index is 11.7. The monoisotopic (exact) mass is 329 g/mol. The molecule has 0 aliphatic carbocycles.